The third kappa shape index (κ3) is 4.78. The fourth-order valence-corrected chi connectivity index (χ4v) is 5.61. The maximum atomic E-state index is 6.28. The maximum absolute atomic E-state index is 6.28. The zero-order valence-corrected chi connectivity index (χ0v) is 14.7. The minimum Gasteiger partial charge on any atom is -0.374 e. The molecule has 0 fully saturated rings. The monoisotopic (exact) mass is 310 g/mol. The van der Waals surface area contributed by atoms with Gasteiger partial charge in [0.15, 0.2) is 0 Å². The summed E-state index contributed by atoms with van der Waals surface area (Å²) < 4.78 is 17.9. The van der Waals surface area contributed by atoms with E-state index in [1.807, 2.05) is 0 Å². The molecule has 2 aliphatic carbocycles. The predicted octanol–water partition coefficient (Wildman–Crippen LogP) is 4.55. The van der Waals surface area contributed by atoms with Gasteiger partial charge in [-0.05, 0) is 62.1 Å². The topological polar surface area (TPSA) is 27.7 Å². The van der Waals surface area contributed by atoms with Crippen LogP contribution in [-0.4, -0.2) is 29.6 Å². The van der Waals surface area contributed by atoms with E-state index in [1.54, 1.807) is 14.2 Å². The Hall–Kier alpha value is -0.423. The van der Waals surface area contributed by atoms with Crippen LogP contribution in [0.15, 0.2) is 22.9 Å². The lowest BCUT2D eigenvalue weighted by Gasteiger charge is -2.29. The molecule has 0 atom stereocenters. The van der Waals surface area contributed by atoms with Crippen LogP contribution < -0.4 is 0 Å². The van der Waals surface area contributed by atoms with Crippen LogP contribution in [0.5, 0.6) is 0 Å². The molecule has 2 rings (SSSR count). The van der Waals surface area contributed by atoms with Crippen molar-refractivity contribution in [2.24, 2.45) is 0 Å². The Morgan fingerprint density at radius 1 is 0.857 bits per heavy atom. The minimum absolute atomic E-state index is 0.672. The van der Waals surface area contributed by atoms with Crippen molar-refractivity contribution in [2.45, 2.75) is 64.2 Å². The number of hydrogen-bond acceptors (Lipinski definition) is 3. The van der Waals surface area contributed by atoms with Crippen molar-refractivity contribution in [3.8, 4) is 0 Å². The highest BCUT2D eigenvalue weighted by atomic mass is 28.4. The highest BCUT2D eigenvalue weighted by Crippen LogP contribution is 2.29. The summed E-state index contributed by atoms with van der Waals surface area (Å²) >= 11 is 0. The highest BCUT2D eigenvalue weighted by Gasteiger charge is 2.43. The van der Waals surface area contributed by atoms with Crippen molar-refractivity contribution >= 4 is 8.80 Å². The average molecular weight is 311 g/mol. The number of rotatable bonds is 6. The van der Waals surface area contributed by atoms with Gasteiger partial charge in [-0.15, -0.1) is 0 Å². The molecule has 2 aliphatic rings. The van der Waals surface area contributed by atoms with Crippen LogP contribution in [0, 0.1) is 0 Å². The summed E-state index contributed by atoms with van der Waals surface area (Å²) in [4.78, 5) is 0. The Morgan fingerprint density at radius 3 is 2.24 bits per heavy atom. The Labute approximate surface area is 130 Å². The Bertz CT molecular complexity index is 372. The molecule has 0 aromatic rings. The number of allylic oxidation sites excluding steroid dienone is 3. The molecule has 4 heteroatoms. The smallest absolute Gasteiger partial charge is 0.374 e. The molecule has 0 aromatic heterocycles. The van der Waals surface area contributed by atoms with Gasteiger partial charge in [-0.25, -0.2) is 0 Å². The summed E-state index contributed by atoms with van der Waals surface area (Å²) in [6.45, 7) is 0.672. The summed E-state index contributed by atoms with van der Waals surface area (Å²) in [6, 6.07) is 0. The van der Waals surface area contributed by atoms with E-state index >= 15 is 0 Å². The van der Waals surface area contributed by atoms with Crippen molar-refractivity contribution < 1.29 is 13.3 Å². The van der Waals surface area contributed by atoms with Gasteiger partial charge in [0, 0.05) is 14.2 Å². The molecule has 0 bridgehead atoms. The van der Waals surface area contributed by atoms with Gasteiger partial charge < -0.3 is 13.3 Å². The van der Waals surface area contributed by atoms with Crippen molar-refractivity contribution in [3.05, 3.63) is 22.9 Å². The lowest BCUT2D eigenvalue weighted by atomic mass is 10.1. The molecular formula is C17H30O3Si. The molecule has 120 valence electrons. The van der Waals surface area contributed by atoms with E-state index < -0.39 is 8.80 Å². The molecular weight excluding hydrogens is 280 g/mol. The molecule has 21 heavy (non-hydrogen) atoms. The van der Waals surface area contributed by atoms with Gasteiger partial charge >= 0.3 is 8.80 Å². The molecule has 0 N–H and O–H groups in total. The molecule has 3 nitrogen and oxygen atoms in total. The van der Waals surface area contributed by atoms with Crippen LogP contribution in [0.2, 0.25) is 0 Å². The molecule has 0 saturated heterocycles. The quantitative estimate of drug-likeness (QED) is 0.532. The van der Waals surface area contributed by atoms with Crippen molar-refractivity contribution in [1.29, 1.82) is 0 Å². The van der Waals surface area contributed by atoms with Gasteiger partial charge in [-0.1, -0.05) is 25.0 Å². The third-order valence-electron chi connectivity index (χ3n) is 4.55. The lowest BCUT2D eigenvalue weighted by molar-refractivity contribution is 0.116. The maximum Gasteiger partial charge on any atom is 0.532 e. The van der Waals surface area contributed by atoms with Gasteiger partial charge in [-0.3, -0.25) is 0 Å². The van der Waals surface area contributed by atoms with E-state index in [9.17, 15) is 0 Å². The van der Waals surface area contributed by atoms with Gasteiger partial charge in [0.05, 0.1) is 6.61 Å². The second-order valence-electron chi connectivity index (χ2n) is 6.04. The highest BCUT2D eigenvalue weighted by molar-refractivity contribution is 6.68. The van der Waals surface area contributed by atoms with Crippen molar-refractivity contribution in [3.63, 3.8) is 0 Å². The van der Waals surface area contributed by atoms with Crippen LogP contribution in [-0.2, 0) is 13.3 Å². The van der Waals surface area contributed by atoms with Crippen LogP contribution in [0.1, 0.15) is 64.2 Å². The summed E-state index contributed by atoms with van der Waals surface area (Å²) in [6.07, 6.45) is 16.9. The summed E-state index contributed by atoms with van der Waals surface area (Å²) in [7, 11) is 0.823. The summed E-state index contributed by atoms with van der Waals surface area (Å²) in [5.74, 6) is 0. The zero-order chi connectivity index (χ0) is 15.0. The lowest BCUT2D eigenvalue weighted by Crippen LogP contribution is -2.47. The van der Waals surface area contributed by atoms with Gasteiger partial charge in [0.2, 0.25) is 0 Å². The van der Waals surface area contributed by atoms with Crippen LogP contribution in [0.25, 0.3) is 0 Å². The molecule has 0 radical (unpaired) electrons. The molecule has 0 aromatic carbocycles. The molecule has 0 aliphatic heterocycles. The first-order valence-electron chi connectivity index (χ1n) is 8.42. The SMILES string of the molecule is CO[Si](OC)(OCC1=CCCCCC1)C1=CCCCCC1. The largest absolute Gasteiger partial charge is 0.532 e. The van der Waals surface area contributed by atoms with E-state index in [2.05, 4.69) is 12.2 Å². The molecule has 0 saturated carbocycles. The first kappa shape index (κ1) is 16.9. The van der Waals surface area contributed by atoms with Crippen molar-refractivity contribution in [2.75, 3.05) is 20.8 Å². The normalized spacial score (nSPS) is 21.2. The first-order chi connectivity index (χ1) is 10.3. The minimum atomic E-state index is -2.65. The Morgan fingerprint density at radius 2 is 1.52 bits per heavy atom. The van der Waals surface area contributed by atoms with Gasteiger partial charge in [0.25, 0.3) is 0 Å². The van der Waals surface area contributed by atoms with E-state index in [4.69, 9.17) is 13.3 Å². The van der Waals surface area contributed by atoms with E-state index in [1.165, 1.54) is 55.7 Å². The van der Waals surface area contributed by atoms with Crippen molar-refractivity contribution in [1.82, 2.24) is 0 Å². The predicted molar refractivity (Wildman–Crippen MR) is 88.1 cm³/mol. The zero-order valence-electron chi connectivity index (χ0n) is 13.7. The first-order valence-corrected chi connectivity index (χ1v) is 10.1. The molecule has 0 amide bonds. The van der Waals surface area contributed by atoms with Gasteiger partial charge in [-0.2, -0.15) is 0 Å². The standard InChI is InChI=1S/C17H30O3Si/c1-18-21(19-2,17-13-9-5-6-10-14-17)20-15-16-11-7-3-4-8-12-16/h11,13H,3-10,12,14-15H2,1-2H3. The summed E-state index contributed by atoms with van der Waals surface area (Å²) in [5, 5.41) is 1.29. The van der Waals surface area contributed by atoms with E-state index in [0.717, 1.165) is 19.3 Å². The third-order valence-corrected chi connectivity index (χ3v) is 7.39. The van der Waals surface area contributed by atoms with Crippen LogP contribution >= 0.6 is 0 Å². The molecule has 0 heterocycles. The van der Waals surface area contributed by atoms with E-state index in [-0.39, 0.29) is 0 Å². The van der Waals surface area contributed by atoms with Crippen LogP contribution in [0.4, 0.5) is 0 Å². The fourth-order valence-electron chi connectivity index (χ4n) is 3.25. The Balaban J connectivity index is 2.02. The number of hydrogen-bond donors (Lipinski definition) is 0. The van der Waals surface area contributed by atoms with Crippen LogP contribution in [0.3, 0.4) is 0 Å². The average Bonchev–Trinajstić information content (AvgIpc) is 2.94. The molecule has 0 spiro atoms. The van der Waals surface area contributed by atoms with E-state index in [0.29, 0.717) is 6.61 Å². The fraction of sp³-hybridized carbons (Fsp3) is 0.765. The molecule has 0 unspecified atom stereocenters. The summed E-state index contributed by atoms with van der Waals surface area (Å²) in [5.41, 5.74) is 1.42. The second-order valence-corrected chi connectivity index (χ2v) is 8.90. The van der Waals surface area contributed by atoms with Gasteiger partial charge in [0.1, 0.15) is 0 Å². The Kier molecular flexibility index (Phi) is 7.17. The second kappa shape index (κ2) is 8.88.